The monoisotopic (exact) mass is 539 g/mol. The van der Waals surface area contributed by atoms with Gasteiger partial charge >= 0.3 is 0 Å². The predicted molar refractivity (Wildman–Crippen MR) is 149 cm³/mol. The number of carbonyl (C=O) groups excluding carboxylic acids is 4. The van der Waals surface area contributed by atoms with Crippen molar-refractivity contribution in [3.8, 4) is 0 Å². The molecular formula is C29H41N5O5. The average Bonchev–Trinajstić information content (AvgIpc) is 2.91. The lowest BCUT2D eigenvalue weighted by Crippen LogP contribution is -2.52. The van der Waals surface area contributed by atoms with Gasteiger partial charge in [-0.2, -0.15) is 0 Å². The van der Waals surface area contributed by atoms with Gasteiger partial charge in [0.1, 0.15) is 12.1 Å². The standard InChI is InChI=1S/C29H41N5O5/c1-20(35)26(32-21(2)36)28(38)31-17-11-10-16-24(30)27(37)33-25(18-22-12-6-4-7-13-22)29(39)34(3)19-23-14-8-5-9-15-23/h4-9,12-15,20,24-26,35H,10-11,16-19,30H2,1-3H3,(H,31,38)(H,32,36)(H,33,37). The van der Waals surface area contributed by atoms with Gasteiger partial charge in [-0.25, -0.2) is 0 Å². The number of rotatable bonds is 15. The topological polar surface area (TPSA) is 154 Å². The lowest BCUT2D eigenvalue weighted by molar-refractivity contribution is -0.136. The summed E-state index contributed by atoms with van der Waals surface area (Å²) in [7, 11) is 1.71. The number of aliphatic hydroxyl groups is 1. The highest BCUT2D eigenvalue weighted by atomic mass is 16.3. The molecule has 212 valence electrons. The van der Waals surface area contributed by atoms with Crippen molar-refractivity contribution in [1.82, 2.24) is 20.9 Å². The molecule has 0 aliphatic carbocycles. The molecule has 39 heavy (non-hydrogen) atoms. The molecule has 0 saturated carbocycles. The Bertz CT molecular complexity index is 1060. The second-order valence-corrected chi connectivity index (χ2v) is 9.74. The number of aliphatic hydroxyl groups excluding tert-OH is 1. The van der Waals surface area contributed by atoms with Gasteiger partial charge in [0.2, 0.25) is 23.6 Å². The molecule has 2 aromatic carbocycles. The number of nitrogens with one attached hydrogen (secondary N) is 3. The van der Waals surface area contributed by atoms with Crippen molar-refractivity contribution < 1.29 is 24.3 Å². The van der Waals surface area contributed by atoms with E-state index in [9.17, 15) is 24.3 Å². The molecule has 0 aromatic heterocycles. The highest BCUT2D eigenvalue weighted by Crippen LogP contribution is 2.10. The van der Waals surface area contributed by atoms with Crippen LogP contribution in [0.5, 0.6) is 0 Å². The minimum Gasteiger partial charge on any atom is -0.391 e. The van der Waals surface area contributed by atoms with Crippen LogP contribution < -0.4 is 21.7 Å². The Hall–Kier alpha value is -3.76. The zero-order valence-corrected chi connectivity index (χ0v) is 22.9. The molecule has 0 fully saturated rings. The molecule has 4 atom stereocenters. The normalized spacial score (nSPS) is 13.9. The van der Waals surface area contributed by atoms with Crippen molar-refractivity contribution in [2.24, 2.45) is 5.73 Å². The van der Waals surface area contributed by atoms with Gasteiger partial charge in [-0.3, -0.25) is 19.2 Å². The molecule has 4 unspecified atom stereocenters. The van der Waals surface area contributed by atoms with E-state index < -0.39 is 42.0 Å². The summed E-state index contributed by atoms with van der Waals surface area (Å²) >= 11 is 0. The Morgan fingerprint density at radius 3 is 2.05 bits per heavy atom. The van der Waals surface area contributed by atoms with Crippen LogP contribution in [-0.2, 0) is 32.1 Å². The molecule has 0 spiro atoms. The second-order valence-electron chi connectivity index (χ2n) is 9.74. The third-order valence-electron chi connectivity index (χ3n) is 6.24. The van der Waals surface area contributed by atoms with Crippen LogP contribution in [0.25, 0.3) is 0 Å². The first-order valence-corrected chi connectivity index (χ1v) is 13.2. The van der Waals surface area contributed by atoms with E-state index in [1.807, 2.05) is 60.7 Å². The first-order valence-electron chi connectivity index (χ1n) is 13.2. The summed E-state index contributed by atoms with van der Waals surface area (Å²) in [5.74, 6) is -1.52. The Morgan fingerprint density at radius 1 is 0.897 bits per heavy atom. The molecule has 2 aromatic rings. The second kappa shape index (κ2) is 16.3. The maximum Gasteiger partial charge on any atom is 0.245 e. The summed E-state index contributed by atoms with van der Waals surface area (Å²) in [6, 6.07) is 16.5. The summed E-state index contributed by atoms with van der Waals surface area (Å²) < 4.78 is 0. The summed E-state index contributed by atoms with van der Waals surface area (Å²) in [4.78, 5) is 51.3. The number of unbranched alkanes of at least 4 members (excludes halogenated alkanes) is 1. The molecule has 0 aliphatic heterocycles. The Kier molecular flexibility index (Phi) is 13.1. The number of carbonyl (C=O) groups is 4. The fraction of sp³-hybridized carbons (Fsp3) is 0.448. The van der Waals surface area contributed by atoms with Crippen LogP contribution >= 0.6 is 0 Å². The third kappa shape index (κ3) is 11.3. The third-order valence-corrected chi connectivity index (χ3v) is 6.24. The van der Waals surface area contributed by atoms with Crippen LogP contribution in [0, 0.1) is 0 Å². The predicted octanol–water partition coefficient (Wildman–Crippen LogP) is 0.872. The highest BCUT2D eigenvalue weighted by molar-refractivity contribution is 5.90. The van der Waals surface area contributed by atoms with Crippen LogP contribution in [-0.4, -0.2) is 71.5 Å². The van der Waals surface area contributed by atoms with Crippen molar-refractivity contribution in [2.45, 2.75) is 70.3 Å². The minimum absolute atomic E-state index is 0.210. The summed E-state index contributed by atoms with van der Waals surface area (Å²) in [5.41, 5.74) is 8.04. The van der Waals surface area contributed by atoms with Gasteiger partial charge in [0.15, 0.2) is 0 Å². The summed E-state index contributed by atoms with van der Waals surface area (Å²) in [6.45, 7) is 3.41. The molecular weight excluding hydrogens is 498 g/mol. The molecule has 0 saturated heterocycles. The maximum absolute atomic E-state index is 13.3. The van der Waals surface area contributed by atoms with E-state index in [0.717, 1.165) is 11.1 Å². The van der Waals surface area contributed by atoms with Gasteiger partial charge in [-0.1, -0.05) is 60.7 Å². The van der Waals surface area contributed by atoms with Crippen LogP contribution in [0.4, 0.5) is 0 Å². The molecule has 0 heterocycles. The zero-order valence-electron chi connectivity index (χ0n) is 22.9. The Morgan fingerprint density at radius 2 is 1.49 bits per heavy atom. The van der Waals surface area contributed by atoms with Gasteiger partial charge in [0.25, 0.3) is 0 Å². The van der Waals surface area contributed by atoms with E-state index >= 15 is 0 Å². The zero-order chi connectivity index (χ0) is 28.8. The van der Waals surface area contributed by atoms with E-state index in [1.54, 1.807) is 11.9 Å². The number of hydrogen-bond acceptors (Lipinski definition) is 6. The van der Waals surface area contributed by atoms with Crippen molar-refractivity contribution in [2.75, 3.05) is 13.6 Å². The van der Waals surface area contributed by atoms with E-state index in [2.05, 4.69) is 16.0 Å². The molecule has 0 bridgehead atoms. The summed E-state index contributed by atoms with van der Waals surface area (Å²) in [6.07, 6.45) is 0.760. The lowest BCUT2D eigenvalue weighted by atomic mass is 10.0. The van der Waals surface area contributed by atoms with Gasteiger partial charge in [-0.15, -0.1) is 0 Å². The molecule has 6 N–H and O–H groups in total. The number of benzene rings is 2. The number of likely N-dealkylation sites (N-methyl/N-ethyl adjacent to an activating group) is 1. The molecule has 10 nitrogen and oxygen atoms in total. The quantitative estimate of drug-likeness (QED) is 0.212. The van der Waals surface area contributed by atoms with Crippen molar-refractivity contribution in [1.29, 1.82) is 0 Å². The Labute approximate surface area is 230 Å². The van der Waals surface area contributed by atoms with Crippen LogP contribution in [0.15, 0.2) is 60.7 Å². The molecule has 0 aliphatic rings. The van der Waals surface area contributed by atoms with E-state index in [4.69, 9.17) is 5.73 Å². The van der Waals surface area contributed by atoms with Crippen molar-refractivity contribution >= 4 is 23.6 Å². The van der Waals surface area contributed by atoms with E-state index in [1.165, 1.54) is 13.8 Å². The first kappa shape index (κ1) is 31.5. The van der Waals surface area contributed by atoms with Gasteiger partial charge in [0.05, 0.1) is 12.1 Å². The van der Waals surface area contributed by atoms with Crippen LogP contribution in [0.3, 0.4) is 0 Å². The van der Waals surface area contributed by atoms with Gasteiger partial charge in [-0.05, 0) is 37.3 Å². The number of nitrogens with two attached hydrogens (primary N) is 1. The molecule has 4 amide bonds. The van der Waals surface area contributed by atoms with Crippen molar-refractivity contribution in [3.63, 3.8) is 0 Å². The minimum atomic E-state index is -1.04. The van der Waals surface area contributed by atoms with Crippen molar-refractivity contribution in [3.05, 3.63) is 71.8 Å². The SMILES string of the molecule is CC(=O)NC(C(=O)NCCCCC(N)C(=O)NC(Cc1ccccc1)C(=O)N(C)Cc1ccccc1)C(C)O. The van der Waals surface area contributed by atoms with Gasteiger partial charge < -0.3 is 31.7 Å². The van der Waals surface area contributed by atoms with Crippen LogP contribution in [0.2, 0.25) is 0 Å². The number of nitrogens with zero attached hydrogens (tertiary/aromatic N) is 1. The summed E-state index contributed by atoms with van der Waals surface area (Å²) in [5, 5.41) is 17.6. The fourth-order valence-corrected chi connectivity index (χ4v) is 4.10. The smallest absolute Gasteiger partial charge is 0.245 e. The number of hydrogen-bond donors (Lipinski definition) is 5. The molecule has 2 rings (SSSR count). The first-order chi connectivity index (χ1) is 18.6. The average molecular weight is 540 g/mol. The maximum atomic E-state index is 13.3. The highest BCUT2D eigenvalue weighted by Gasteiger charge is 2.27. The number of amides is 4. The van der Waals surface area contributed by atoms with Gasteiger partial charge in [0, 0.05) is 33.5 Å². The van der Waals surface area contributed by atoms with Crippen LogP contribution in [0.1, 0.15) is 44.2 Å². The lowest BCUT2D eigenvalue weighted by Gasteiger charge is -2.26. The molecule has 0 radical (unpaired) electrons. The molecule has 10 heteroatoms. The van der Waals surface area contributed by atoms with E-state index in [0.29, 0.717) is 38.8 Å². The fourth-order valence-electron chi connectivity index (χ4n) is 4.10. The Balaban J connectivity index is 1.89. The van der Waals surface area contributed by atoms with E-state index in [-0.39, 0.29) is 5.91 Å². The largest absolute Gasteiger partial charge is 0.391 e.